The minimum atomic E-state index is -0.144. The Labute approximate surface area is 130 Å². The number of anilines is 1. The van der Waals surface area contributed by atoms with Gasteiger partial charge >= 0.3 is 0 Å². The van der Waals surface area contributed by atoms with Crippen LogP contribution in [-0.2, 0) is 0 Å². The van der Waals surface area contributed by atoms with Crippen molar-refractivity contribution in [2.24, 2.45) is 0 Å². The first-order chi connectivity index (χ1) is 10.8. The van der Waals surface area contributed by atoms with Crippen LogP contribution in [0.2, 0.25) is 0 Å². The predicted octanol–water partition coefficient (Wildman–Crippen LogP) is 2.59. The quantitative estimate of drug-likeness (QED) is 0.836. The third-order valence-corrected chi connectivity index (χ3v) is 3.81. The summed E-state index contributed by atoms with van der Waals surface area (Å²) in [6.07, 6.45) is 6.94. The summed E-state index contributed by atoms with van der Waals surface area (Å²) in [5.41, 5.74) is 1.78. The van der Waals surface area contributed by atoms with E-state index in [1.54, 1.807) is 12.4 Å². The highest BCUT2D eigenvalue weighted by Crippen LogP contribution is 2.20. The molecule has 1 aromatic heterocycles. The molecule has 0 spiro atoms. The Morgan fingerprint density at radius 2 is 1.55 bits per heavy atom. The van der Waals surface area contributed by atoms with Crippen LogP contribution in [0.5, 0.6) is 0 Å². The predicted molar refractivity (Wildman–Crippen MR) is 86.3 cm³/mol. The molecule has 1 saturated carbocycles. The molecule has 2 aromatic rings. The van der Waals surface area contributed by atoms with Gasteiger partial charge in [0, 0.05) is 24.0 Å². The fourth-order valence-electron chi connectivity index (χ4n) is 2.54. The van der Waals surface area contributed by atoms with Crippen molar-refractivity contribution in [1.29, 1.82) is 0 Å². The Morgan fingerprint density at radius 1 is 0.909 bits per heavy atom. The van der Waals surface area contributed by atoms with E-state index in [1.807, 2.05) is 30.3 Å². The van der Waals surface area contributed by atoms with Gasteiger partial charge in [-0.05, 0) is 37.8 Å². The molecule has 1 aromatic carbocycles. The van der Waals surface area contributed by atoms with E-state index < -0.39 is 0 Å². The van der Waals surface area contributed by atoms with E-state index in [2.05, 4.69) is 27.1 Å². The summed E-state index contributed by atoms with van der Waals surface area (Å²) in [4.78, 5) is 8.63. The van der Waals surface area contributed by atoms with Crippen LogP contribution in [0.4, 0.5) is 5.95 Å². The van der Waals surface area contributed by atoms with Gasteiger partial charge < -0.3 is 10.4 Å². The zero-order valence-electron chi connectivity index (χ0n) is 12.4. The molecule has 0 bridgehead atoms. The maximum absolute atomic E-state index is 9.51. The lowest BCUT2D eigenvalue weighted by molar-refractivity contribution is 0.126. The summed E-state index contributed by atoms with van der Waals surface area (Å²) in [7, 11) is 0. The van der Waals surface area contributed by atoms with Crippen molar-refractivity contribution in [3.05, 3.63) is 53.9 Å². The summed E-state index contributed by atoms with van der Waals surface area (Å²) < 4.78 is 0. The standard InChI is InChI=1S/C18H19N3O/c22-17-10-8-16(9-11-17)21-18-19-12-15(13-20-18)7-6-14-4-2-1-3-5-14/h1-5,12-13,16-17,22H,8-11H2,(H,19,20,21)/t16-,17-. The first-order valence-electron chi connectivity index (χ1n) is 7.63. The molecular weight excluding hydrogens is 274 g/mol. The fourth-order valence-corrected chi connectivity index (χ4v) is 2.54. The third-order valence-electron chi connectivity index (χ3n) is 3.81. The van der Waals surface area contributed by atoms with E-state index in [4.69, 9.17) is 0 Å². The fraction of sp³-hybridized carbons (Fsp3) is 0.333. The topological polar surface area (TPSA) is 58.0 Å². The van der Waals surface area contributed by atoms with E-state index in [-0.39, 0.29) is 6.10 Å². The number of aliphatic hydroxyl groups excluding tert-OH is 1. The van der Waals surface area contributed by atoms with Crippen LogP contribution in [0.15, 0.2) is 42.7 Å². The first-order valence-corrected chi connectivity index (χ1v) is 7.63. The van der Waals surface area contributed by atoms with E-state index in [0.717, 1.165) is 36.8 Å². The molecule has 1 heterocycles. The number of aromatic nitrogens is 2. The SMILES string of the molecule is O[C@H]1CC[C@H](Nc2ncc(C#Cc3ccccc3)cn2)CC1. The molecule has 4 heteroatoms. The minimum absolute atomic E-state index is 0.144. The molecule has 2 N–H and O–H groups in total. The van der Waals surface area contributed by atoms with Gasteiger partial charge in [-0.1, -0.05) is 30.0 Å². The number of aliphatic hydroxyl groups is 1. The molecule has 4 nitrogen and oxygen atoms in total. The number of benzene rings is 1. The number of nitrogens with one attached hydrogen (secondary N) is 1. The maximum atomic E-state index is 9.51. The molecule has 112 valence electrons. The molecule has 0 amide bonds. The summed E-state index contributed by atoms with van der Waals surface area (Å²) in [6, 6.07) is 10.2. The Hall–Kier alpha value is -2.38. The second-order valence-corrected chi connectivity index (χ2v) is 5.56. The highest BCUT2D eigenvalue weighted by Gasteiger charge is 2.19. The molecule has 0 radical (unpaired) electrons. The highest BCUT2D eigenvalue weighted by atomic mass is 16.3. The number of nitrogens with zero attached hydrogens (tertiary/aromatic N) is 2. The Balaban J connectivity index is 1.60. The maximum Gasteiger partial charge on any atom is 0.222 e. The van der Waals surface area contributed by atoms with Crippen molar-refractivity contribution < 1.29 is 5.11 Å². The van der Waals surface area contributed by atoms with Crippen molar-refractivity contribution in [3.8, 4) is 11.8 Å². The van der Waals surface area contributed by atoms with E-state index in [1.165, 1.54) is 0 Å². The monoisotopic (exact) mass is 293 g/mol. The van der Waals surface area contributed by atoms with Gasteiger partial charge in [0.25, 0.3) is 0 Å². The summed E-state index contributed by atoms with van der Waals surface area (Å²) in [6.45, 7) is 0. The van der Waals surface area contributed by atoms with Gasteiger partial charge in [0.15, 0.2) is 0 Å². The van der Waals surface area contributed by atoms with Gasteiger partial charge in [-0.3, -0.25) is 0 Å². The molecule has 1 fully saturated rings. The number of hydrogen-bond acceptors (Lipinski definition) is 4. The second kappa shape index (κ2) is 7.06. The average Bonchev–Trinajstić information content (AvgIpc) is 2.57. The lowest BCUT2D eigenvalue weighted by Crippen LogP contribution is -2.28. The molecule has 22 heavy (non-hydrogen) atoms. The zero-order chi connectivity index (χ0) is 15.2. The molecule has 0 atom stereocenters. The summed E-state index contributed by atoms with van der Waals surface area (Å²) in [5.74, 6) is 6.78. The highest BCUT2D eigenvalue weighted by molar-refractivity contribution is 5.41. The average molecular weight is 293 g/mol. The van der Waals surface area contributed by atoms with Crippen molar-refractivity contribution in [1.82, 2.24) is 9.97 Å². The normalized spacial score (nSPS) is 20.8. The number of rotatable bonds is 2. The Morgan fingerprint density at radius 3 is 2.23 bits per heavy atom. The zero-order valence-corrected chi connectivity index (χ0v) is 12.4. The van der Waals surface area contributed by atoms with Gasteiger partial charge in [0.05, 0.1) is 11.7 Å². The lowest BCUT2D eigenvalue weighted by atomic mass is 9.93. The third kappa shape index (κ3) is 4.06. The van der Waals surface area contributed by atoms with Crippen LogP contribution in [0, 0.1) is 11.8 Å². The Kier molecular flexibility index (Phi) is 4.67. The molecule has 1 aliphatic carbocycles. The van der Waals surface area contributed by atoms with Gasteiger partial charge in [0.1, 0.15) is 0 Å². The van der Waals surface area contributed by atoms with E-state index in [9.17, 15) is 5.11 Å². The van der Waals surface area contributed by atoms with Crippen LogP contribution >= 0.6 is 0 Å². The molecule has 1 aliphatic rings. The minimum Gasteiger partial charge on any atom is -0.393 e. The molecule has 0 unspecified atom stereocenters. The summed E-state index contributed by atoms with van der Waals surface area (Å²) >= 11 is 0. The van der Waals surface area contributed by atoms with E-state index >= 15 is 0 Å². The lowest BCUT2D eigenvalue weighted by Gasteiger charge is -2.25. The molecule has 0 saturated heterocycles. The molecular formula is C18H19N3O. The molecule has 0 aliphatic heterocycles. The first kappa shape index (κ1) is 14.6. The van der Waals surface area contributed by atoms with Crippen LogP contribution in [0.25, 0.3) is 0 Å². The van der Waals surface area contributed by atoms with E-state index in [0.29, 0.717) is 12.0 Å². The van der Waals surface area contributed by atoms with Crippen molar-refractivity contribution in [2.45, 2.75) is 37.8 Å². The van der Waals surface area contributed by atoms with Gasteiger partial charge in [-0.2, -0.15) is 0 Å². The largest absolute Gasteiger partial charge is 0.393 e. The van der Waals surface area contributed by atoms with Crippen LogP contribution in [-0.4, -0.2) is 27.2 Å². The van der Waals surface area contributed by atoms with Crippen molar-refractivity contribution in [2.75, 3.05) is 5.32 Å². The van der Waals surface area contributed by atoms with Gasteiger partial charge in [-0.15, -0.1) is 0 Å². The van der Waals surface area contributed by atoms with Gasteiger partial charge in [0.2, 0.25) is 5.95 Å². The smallest absolute Gasteiger partial charge is 0.222 e. The Bertz CT molecular complexity index is 650. The van der Waals surface area contributed by atoms with Crippen molar-refractivity contribution >= 4 is 5.95 Å². The van der Waals surface area contributed by atoms with Crippen LogP contribution in [0.3, 0.4) is 0 Å². The van der Waals surface area contributed by atoms with Crippen LogP contribution < -0.4 is 5.32 Å². The van der Waals surface area contributed by atoms with Crippen molar-refractivity contribution in [3.63, 3.8) is 0 Å². The van der Waals surface area contributed by atoms with Crippen LogP contribution in [0.1, 0.15) is 36.8 Å². The van der Waals surface area contributed by atoms with Gasteiger partial charge in [-0.25, -0.2) is 9.97 Å². The summed E-state index contributed by atoms with van der Waals surface area (Å²) in [5, 5.41) is 12.8. The second-order valence-electron chi connectivity index (χ2n) is 5.56. The number of hydrogen-bond donors (Lipinski definition) is 2. The molecule has 3 rings (SSSR count).